The highest BCUT2D eigenvalue weighted by Crippen LogP contribution is 2.40. The number of hydrogen-bond acceptors (Lipinski definition) is 4. The number of aliphatic imine (C=N–C) groups is 2. The van der Waals surface area contributed by atoms with E-state index in [1.165, 1.54) is 16.7 Å². The Morgan fingerprint density at radius 2 is 0.927 bits per heavy atom. The summed E-state index contributed by atoms with van der Waals surface area (Å²) in [7, 11) is 0. The van der Waals surface area contributed by atoms with Crippen LogP contribution in [-0.4, -0.2) is 11.7 Å². The molecule has 0 fully saturated rings. The highest BCUT2D eigenvalue weighted by atomic mass is 16.3. The summed E-state index contributed by atoms with van der Waals surface area (Å²) < 4.78 is 6.65. The SMILES string of the molecule is c1ccc(-c2ccc(C3=NC(c4ccc(-c5ccccc5)c(-c5ccccc5)c4)NC(c4ccc(-c5ccccc5)c5oc6ccccc6c45)=N3)cc2)cc1. The number of rotatable bonds is 7. The summed E-state index contributed by atoms with van der Waals surface area (Å²) in [6, 6.07) is 69.8. The molecule has 0 aliphatic carbocycles. The number of amidine groups is 2. The van der Waals surface area contributed by atoms with E-state index in [2.05, 4.69) is 181 Å². The summed E-state index contributed by atoms with van der Waals surface area (Å²) in [6.45, 7) is 0. The van der Waals surface area contributed by atoms with Crippen LogP contribution in [0.25, 0.3) is 66.4 Å². The summed E-state index contributed by atoms with van der Waals surface area (Å²) in [5, 5.41) is 5.85. The first-order valence-corrected chi connectivity index (χ1v) is 18.6. The van der Waals surface area contributed by atoms with Gasteiger partial charge in [0.15, 0.2) is 5.84 Å². The average molecular weight is 706 g/mol. The smallest absolute Gasteiger partial charge is 0.159 e. The second kappa shape index (κ2) is 13.9. The molecule has 1 aliphatic rings. The molecule has 0 bridgehead atoms. The van der Waals surface area contributed by atoms with Crippen LogP contribution >= 0.6 is 0 Å². The van der Waals surface area contributed by atoms with Gasteiger partial charge in [-0.15, -0.1) is 0 Å². The summed E-state index contributed by atoms with van der Waals surface area (Å²) in [4.78, 5) is 10.6. The zero-order valence-corrected chi connectivity index (χ0v) is 29.9. The van der Waals surface area contributed by atoms with Gasteiger partial charge < -0.3 is 9.73 Å². The largest absolute Gasteiger partial charge is 0.455 e. The Kier molecular flexibility index (Phi) is 8.19. The highest BCUT2D eigenvalue weighted by molar-refractivity contribution is 6.23. The first-order chi connectivity index (χ1) is 27.3. The molecule has 260 valence electrons. The molecule has 55 heavy (non-hydrogen) atoms. The van der Waals surface area contributed by atoms with Crippen LogP contribution in [-0.2, 0) is 0 Å². The third kappa shape index (κ3) is 6.10. The lowest BCUT2D eigenvalue weighted by Crippen LogP contribution is -2.33. The van der Waals surface area contributed by atoms with Gasteiger partial charge in [0, 0.05) is 27.5 Å². The van der Waals surface area contributed by atoms with Gasteiger partial charge in [-0.05, 0) is 68.8 Å². The van der Waals surface area contributed by atoms with Crippen molar-refractivity contribution in [3.63, 3.8) is 0 Å². The first-order valence-electron chi connectivity index (χ1n) is 18.6. The molecule has 1 aliphatic heterocycles. The van der Waals surface area contributed by atoms with Crippen LogP contribution in [0.4, 0.5) is 0 Å². The van der Waals surface area contributed by atoms with Crippen molar-refractivity contribution in [2.75, 3.05) is 0 Å². The topological polar surface area (TPSA) is 49.9 Å². The van der Waals surface area contributed by atoms with Gasteiger partial charge in [0.25, 0.3) is 0 Å². The fraction of sp³-hybridized carbons (Fsp3) is 0.0196. The Hall–Kier alpha value is -7.30. The molecule has 1 unspecified atom stereocenters. The van der Waals surface area contributed by atoms with Gasteiger partial charge in [0.05, 0.1) is 0 Å². The molecule has 1 N–H and O–H groups in total. The lowest BCUT2D eigenvalue weighted by molar-refractivity contribution is 0.668. The number of nitrogens with one attached hydrogen (secondary N) is 1. The van der Waals surface area contributed by atoms with Crippen molar-refractivity contribution in [1.82, 2.24) is 5.32 Å². The van der Waals surface area contributed by atoms with Crippen LogP contribution in [0.2, 0.25) is 0 Å². The number of para-hydroxylation sites is 1. The number of fused-ring (bicyclic) bond motifs is 3. The number of hydrogen-bond donors (Lipinski definition) is 1. The minimum Gasteiger partial charge on any atom is -0.455 e. The molecule has 4 nitrogen and oxygen atoms in total. The third-order valence-corrected chi connectivity index (χ3v) is 10.4. The Balaban J connectivity index is 1.15. The first kappa shape index (κ1) is 32.4. The van der Waals surface area contributed by atoms with Crippen LogP contribution in [0, 0.1) is 0 Å². The van der Waals surface area contributed by atoms with E-state index in [1.54, 1.807) is 0 Å². The van der Waals surface area contributed by atoms with Crippen molar-refractivity contribution in [2.45, 2.75) is 6.17 Å². The van der Waals surface area contributed by atoms with Gasteiger partial charge in [0.1, 0.15) is 23.2 Å². The maximum atomic E-state index is 6.65. The molecule has 10 rings (SSSR count). The number of furan rings is 1. The predicted molar refractivity (Wildman–Crippen MR) is 227 cm³/mol. The minimum absolute atomic E-state index is 0.411. The molecule has 0 radical (unpaired) electrons. The van der Waals surface area contributed by atoms with Gasteiger partial charge in [-0.3, -0.25) is 0 Å². The van der Waals surface area contributed by atoms with Crippen molar-refractivity contribution in [2.24, 2.45) is 9.98 Å². The molecular formula is C51H35N3O. The maximum Gasteiger partial charge on any atom is 0.159 e. The molecule has 2 heterocycles. The van der Waals surface area contributed by atoms with E-state index >= 15 is 0 Å². The van der Waals surface area contributed by atoms with E-state index in [9.17, 15) is 0 Å². The number of benzene rings is 8. The molecule has 0 spiro atoms. The maximum absolute atomic E-state index is 6.65. The van der Waals surface area contributed by atoms with E-state index in [1.807, 2.05) is 24.3 Å². The van der Waals surface area contributed by atoms with Gasteiger partial charge >= 0.3 is 0 Å². The Bertz CT molecular complexity index is 2860. The fourth-order valence-electron chi connectivity index (χ4n) is 7.66. The van der Waals surface area contributed by atoms with Crippen molar-refractivity contribution < 1.29 is 4.42 Å². The van der Waals surface area contributed by atoms with E-state index in [4.69, 9.17) is 14.4 Å². The van der Waals surface area contributed by atoms with Crippen LogP contribution in [0.3, 0.4) is 0 Å². The van der Waals surface area contributed by atoms with E-state index in [0.29, 0.717) is 5.84 Å². The predicted octanol–water partition coefficient (Wildman–Crippen LogP) is 12.7. The monoisotopic (exact) mass is 705 g/mol. The molecule has 4 heteroatoms. The van der Waals surface area contributed by atoms with Crippen LogP contribution in [0.1, 0.15) is 22.9 Å². The van der Waals surface area contributed by atoms with Gasteiger partial charge in [0.2, 0.25) is 0 Å². The Morgan fingerprint density at radius 1 is 0.418 bits per heavy atom. The van der Waals surface area contributed by atoms with E-state index in [-0.39, 0.29) is 0 Å². The van der Waals surface area contributed by atoms with Crippen LogP contribution in [0.15, 0.2) is 215 Å². The average Bonchev–Trinajstić information content (AvgIpc) is 3.67. The Morgan fingerprint density at radius 3 is 1.60 bits per heavy atom. The molecule has 8 aromatic carbocycles. The quantitative estimate of drug-likeness (QED) is 0.179. The Labute approximate surface area is 319 Å². The second-order valence-corrected chi connectivity index (χ2v) is 13.8. The highest BCUT2D eigenvalue weighted by Gasteiger charge is 2.26. The van der Waals surface area contributed by atoms with Crippen LogP contribution in [0.5, 0.6) is 0 Å². The standard InChI is InChI=1S/C51H35N3O/c1-5-15-34(16-6-1)35-25-27-39(28-26-35)49-52-50(40-29-30-41(36-17-7-2-8-18-36)45(33-40)38-21-11-4-12-22-38)54-51(53-49)44-32-31-42(37-19-9-3-10-20-37)48-47(44)43-23-13-14-24-46(43)55-48/h1-33,50H,(H,52,53,54). The van der Waals surface area contributed by atoms with E-state index < -0.39 is 6.17 Å². The van der Waals surface area contributed by atoms with Crippen LogP contribution < -0.4 is 5.32 Å². The number of nitrogens with zero attached hydrogens (tertiary/aromatic N) is 2. The summed E-state index contributed by atoms with van der Waals surface area (Å²) in [6.07, 6.45) is -0.411. The van der Waals surface area contributed by atoms with Crippen molar-refractivity contribution >= 4 is 33.6 Å². The van der Waals surface area contributed by atoms with E-state index in [0.717, 1.165) is 72.3 Å². The van der Waals surface area contributed by atoms with Crippen molar-refractivity contribution in [3.05, 3.63) is 217 Å². The van der Waals surface area contributed by atoms with Crippen molar-refractivity contribution in [1.29, 1.82) is 0 Å². The van der Waals surface area contributed by atoms with Gasteiger partial charge in [-0.25, -0.2) is 9.98 Å². The second-order valence-electron chi connectivity index (χ2n) is 13.8. The lowest BCUT2D eigenvalue weighted by Gasteiger charge is -2.25. The lowest BCUT2D eigenvalue weighted by atomic mass is 9.92. The molecular weight excluding hydrogens is 671 g/mol. The summed E-state index contributed by atoms with van der Waals surface area (Å²) in [5.41, 5.74) is 13.7. The summed E-state index contributed by atoms with van der Waals surface area (Å²) >= 11 is 0. The molecule has 0 saturated carbocycles. The summed E-state index contributed by atoms with van der Waals surface area (Å²) in [5.74, 6) is 1.41. The third-order valence-electron chi connectivity index (χ3n) is 10.4. The zero-order chi connectivity index (χ0) is 36.6. The molecule has 1 atom stereocenters. The van der Waals surface area contributed by atoms with Crippen molar-refractivity contribution in [3.8, 4) is 44.5 Å². The van der Waals surface area contributed by atoms with Gasteiger partial charge in [-0.1, -0.05) is 176 Å². The molecule has 0 amide bonds. The molecule has 1 aromatic heterocycles. The van der Waals surface area contributed by atoms with Gasteiger partial charge in [-0.2, -0.15) is 0 Å². The minimum atomic E-state index is -0.411. The molecule has 0 saturated heterocycles. The zero-order valence-electron chi connectivity index (χ0n) is 29.9. The fourth-order valence-corrected chi connectivity index (χ4v) is 7.66. The molecule has 9 aromatic rings. The normalized spacial score (nSPS) is 14.0.